The third kappa shape index (κ3) is 5.79. The van der Waals surface area contributed by atoms with Crippen LogP contribution in [0, 0.1) is 0 Å². The van der Waals surface area contributed by atoms with Crippen molar-refractivity contribution >= 4 is 18.2 Å². The van der Waals surface area contributed by atoms with E-state index in [1.807, 2.05) is 13.2 Å². The minimum absolute atomic E-state index is 0. The molecule has 1 aromatic heterocycles. The number of anilines is 1. The summed E-state index contributed by atoms with van der Waals surface area (Å²) in [6.07, 6.45) is 4.18. The Bertz CT molecular complexity index is 393. The molecule has 6 heteroatoms. The van der Waals surface area contributed by atoms with Crippen LogP contribution in [0.2, 0.25) is 0 Å². The van der Waals surface area contributed by atoms with Crippen LogP contribution in [0.15, 0.2) is 18.3 Å². The van der Waals surface area contributed by atoms with Crippen LogP contribution in [0.1, 0.15) is 18.4 Å². The van der Waals surface area contributed by atoms with Gasteiger partial charge in [0.05, 0.1) is 6.61 Å². The number of ether oxygens (including phenoxy) is 1. The zero-order chi connectivity index (χ0) is 14.4. The van der Waals surface area contributed by atoms with Gasteiger partial charge in [0.2, 0.25) is 0 Å². The van der Waals surface area contributed by atoms with Crippen molar-refractivity contribution in [3.63, 3.8) is 0 Å². The summed E-state index contributed by atoms with van der Waals surface area (Å²) in [4.78, 5) is 9.09. The van der Waals surface area contributed by atoms with E-state index in [1.54, 1.807) is 7.11 Å². The number of nitrogens with two attached hydrogens (primary N) is 1. The number of hydrogen-bond donors (Lipinski definition) is 1. The molecule has 0 bridgehead atoms. The SMILES string of the molecule is COCCN(C)c1ccc(CN2CCC(N)CC2)cn1.Cl. The van der Waals surface area contributed by atoms with Crippen LogP contribution in [-0.2, 0) is 11.3 Å². The molecule has 1 saturated heterocycles. The molecular weight excluding hydrogens is 288 g/mol. The minimum Gasteiger partial charge on any atom is -0.383 e. The van der Waals surface area contributed by atoms with Crippen LogP contribution in [0.3, 0.4) is 0 Å². The minimum atomic E-state index is 0. The first-order chi connectivity index (χ1) is 9.69. The second-order valence-electron chi connectivity index (χ2n) is 5.55. The standard InChI is InChI=1S/C15H26N4O.ClH/c1-18(9-10-20-2)15-4-3-13(11-17-15)12-19-7-5-14(16)6-8-19;/h3-4,11,14H,5-10,12,16H2,1-2H3;1H. The number of nitrogens with zero attached hydrogens (tertiary/aromatic N) is 3. The Hall–Kier alpha value is -0.880. The summed E-state index contributed by atoms with van der Waals surface area (Å²) in [5.41, 5.74) is 7.20. The lowest BCUT2D eigenvalue weighted by Crippen LogP contribution is -2.39. The highest BCUT2D eigenvalue weighted by Gasteiger charge is 2.16. The zero-order valence-electron chi connectivity index (χ0n) is 13.0. The lowest BCUT2D eigenvalue weighted by molar-refractivity contribution is 0.205. The highest BCUT2D eigenvalue weighted by Crippen LogP contribution is 2.14. The van der Waals surface area contributed by atoms with E-state index in [1.165, 1.54) is 5.56 Å². The average Bonchev–Trinajstić information content (AvgIpc) is 2.48. The summed E-state index contributed by atoms with van der Waals surface area (Å²) >= 11 is 0. The van der Waals surface area contributed by atoms with Gasteiger partial charge in [-0.3, -0.25) is 4.90 Å². The molecule has 5 nitrogen and oxygen atoms in total. The van der Waals surface area contributed by atoms with Crippen molar-refractivity contribution in [3.05, 3.63) is 23.9 Å². The predicted molar refractivity (Wildman–Crippen MR) is 89.1 cm³/mol. The number of halogens is 1. The number of piperidine rings is 1. The normalized spacial score (nSPS) is 16.5. The van der Waals surface area contributed by atoms with Crippen molar-refractivity contribution in [2.75, 3.05) is 45.3 Å². The molecule has 0 atom stereocenters. The number of hydrogen-bond acceptors (Lipinski definition) is 5. The highest BCUT2D eigenvalue weighted by molar-refractivity contribution is 5.85. The van der Waals surface area contributed by atoms with Crippen LogP contribution < -0.4 is 10.6 Å². The number of pyridine rings is 1. The van der Waals surface area contributed by atoms with Gasteiger partial charge in [-0.25, -0.2) is 4.98 Å². The van der Waals surface area contributed by atoms with Gasteiger partial charge in [0.25, 0.3) is 0 Å². The summed E-state index contributed by atoms with van der Waals surface area (Å²) < 4.78 is 5.08. The lowest BCUT2D eigenvalue weighted by Gasteiger charge is -2.30. The second-order valence-corrected chi connectivity index (χ2v) is 5.55. The van der Waals surface area contributed by atoms with Gasteiger partial charge < -0.3 is 15.4 Å². The van der Waals surface area contributed by atoms with Crippen LogP contribution in [0.5, 0.6) is 0 Å². The third-order valence-corrected chi connectivity index (χ3v) is 3.87. The maximum absolute atomic E-state index is 5.93. The maximum Gasteiger partial charge on any atom is 0.128 e. The molecule has 0 spiro atoms. The van der Waals surface area contributed by atoms with Crippen molar-refractivity contribution in [3.8, 4) is 0 Å². The van der Waals surface area contributed by atoms with E-state index >= 15 is 0 Å². The molecule has 21 heavy (non-hydrogen) atoms. The first-order valence-corrected chi connectivity index (χ1v) is 7.32. The highest BCUT2D eigenvalue weighted by atomic mass is 35.5. The van der Waals surface area contributed by atoms with E-state index < -0.39 is 0 Å². The molecule has 0 aromatic carbocycles. The van der Waals surface area contributed by atoms with E-state index in [9.17, 15) is 0 Å². The first kappa shape index (κ1) is 18.2. The Labute approximate surface area is 133 Å². The lowest BCUT2D eigenvalue weighted by atomic mass is 10.1. The molecule has 0 radical (unpaired) electrons. The predicted octanol–water partition coefficient (Wildman–Crippen LogP) is 1.51. The number of rotatable bonds is 6. The van der Waals surface area contributed by atoms with Gasteiger partial charge in [-0.05, 0) is 37.6 Å². The first-order valence-electron chi connectivity index (χ1n) is 7.32. The largest absolute Gasteiger partial charge is 0.383 e. The Morgan fingerprint density at radius 3 is 2.67 bits per heavy atom. The topological polar surface area (TPSA) is 54.6 Å². The summed E-state index contributed by atoms with van der Waals surface area (Å²) in [6.45, 7) is 4.73. The van der Waals surface area contributed by atoms with Crippen molar-refractivity contribution in [2.45, 2.75) is 25.4 Å². The molecule has 2 rings (SSSR count). The Morgan fingerprint density at radius 2 is 2.10 bits per heavy atom. The van der Waals surface area contributed by atoms with Crippen LogP contribution in [0.4, 0.5) is 5.82 Å². The molecule has 0 aliphatic carbocycles. The fourth-order valence-corrected chi connectivity index (χ4v) is 2.45. The van der Waals surface area contributed by atoms with Crippen LogP contribution >= 0.6 is 12.4 Å². The summed E-state index contributed by atoms with van der Waals surface area (Å²) in [5, 5.41) is 0. The van der Waals surface area contributed by atoms with E-state index in [0.717, 1.165) is 44.8 Å². The molecule has 1 aliphatic rings. The van der Waals surface area contributed by atoms with E-state index in [0.29, 0.717) is 12.6 Å². The van der Waals surface area contributed by atoms with Crippen LogP contribution in [0.25, 0.3) is 0 Å². The van der Waals surface area contributed by atoms with Crippen molar-refractivity contribution < 1.29 is 4.74 Å². The quantitative estimate of drug-likeness (QED) is 0.862. The molecule has 1 aliphatic heterocycles. The molecule has 0 amide bonds. The van der Waals surface area contributed by atoms with Gasteiger partial charge in [-0.1, -0.05) is 6.07 Å². The van der Waals surface area contributed by atoms with Gasteiger partial charge in [-0.2, -0.15) is 0 Å². The molecule has 0 saturated carbocycles. The second kappa shape index (κ2) is 9.20. The molecule has 0 unspecified atom stereocenters. The average molecular weight is 315 g/mol. The van der Waals surface area contributed by atoms with Crippen LogP contribution in [-0.4, -0.2) is 56.3 Å². The summed E-state index contributed by atoms with van der Waals surface area (Å²) in [7, 11) is 3.75. The number of aromatic nitrogens is 1. The van der Waals surface area contributed by atoms with E-state index in [-0.39, 0.29) is 12.4 Å². The molecule has 2 heterocycles. The molecule has 120 valence electrons. The fourth-order valence-electron chi connectivity index (χ4n) is 2.45. The Kier molecular flexibility index (Phi) is 7.96. The van der Waals surface area contributed by atoms with Gasteiger partial charge >= 0.3 is 0 Å². The summed E-state index contributed by atoms with van der Waals surface area (Å²) in [5.74, 6) is 0.992. The monoisotopic (exact) mass is 314 g/mol. The van der Waals surface area contributed by atoms with Gasteiger partial charge in [0.1, 0.15) is 5.82 Å². The Balaban J connectivity index is 0.00000220. The van der Waals surface area contributed by atoms with Gasteiger partial charge in [0.15, 0.2) is 0 Å². The van der Waals surface area contributed by atoms with Gasteiger partial charge in [-0.15, -0.1) is 12.4 Å². The van der Waals surface area contributed by atoms with E-state index in [2.05, 4.69) is 26.9 Å². The number of methoxy groups -OCH3 is 1. The third-order valence-electron chi connectivity index (χ3n) is 3.87. The molecule has 2 N–H and O–H groups in total. The maximum atomic E-state index is 5.93. The molecule has 1 fully saturated rings. The molecular formula is C15H27ClN4O. The van der Waals surface area contributed by atoms with Crippen molar-refractivity contribution in [1.29, 1.82) is 0 Å². The fraction of sp³-hybridized carbons (Fsp3) is 0.667. The van der Waals surface area contributed by atoms with Gasteiger partial charge in [0, 0.05) is 39.5 Å². The smallest absolute Gasteiger partial charge is 0.128 e. The molecule has 1 aromatic rings. The zero-order valence-corrected chi connectivity index (χ0v) is 13.8. The summed E-state index contributed by atoms with van der Waals surface area (Å²) in [6, 6.07) is 4.64. The van der Waals surface area contributed by atoms with Crippen molar-refractivity contribution in [2.24, 2.45) is 5.73 Å². The number of likely N-dealkylation sites (tertiary alicyclic amines) is 1. The van der Waals surface area contributed by atoms with Crippen molar-refractivity contribution in [1.82, 2.24) is 9.88 Å². The van der Waals surface area contributed by atoms with E-state index in [4.69, 9.17) is 10.5 Å². The number of likely N-dealkylation sites (N-methyl/N-ethyl adjacent to an activating group) is 1. The Morgan fingerprint density at radius 1 is 1.38 bits per heavy atom.